The van der Waals surface area contributed by atoms with Gasteiger partial charge < -0.3 is 10.2 Å². The standard InChI is InChI=1S/C19H17N5O3/c1-12-10-17(25)20-15-8-4-5-9-16(15)24(12)18(26)11-23-19(27)13-6-2-3-7-14(13)21-22-23/h2-9,12H,10-11H2,1H3,(H,20,25)/t12-/m1/s1. The van der Waals surface area contributed by atoms with Gasteiger partial charge >= 0.3 is 0 Å². The van der Waals surface area contributed by atoms with Crippen molar-refractivity contribution in [2.75, 3.05) is 10.2 Å². The maximum Gasteiger partial charge on any atom is 0.278 e. The fourth-order valence-corrected chi connectivity index (χ4v) is 3.30. The molecular weight excluding hydrogens is 346 g/mol. The molecule has 1 atom stereocenters. The average Bonchev–Trinajstić information content (AvgIpc) is 2.78. The van der Waals surface area contributed by atoms with Crippen molar-refractivity contribution in [1.82, 2.24) is 15.0 Å². The number of aromatic nitrogens is 3. The molecule has 0 saturated carbocycles. The van der Waals surface area contributed by atoms with Gasteiger partial charge in [-0.2, -0.15) is 0 Å². The number of para-hydroxylation sites is 2. The molecule has 3 aromatic rings. The number of fused-ring (bicyclic) bond motifs is 2. The molecule has 1 aliphatic heterocycles. The van der Waals surface area contributed by atoms with E-state index < -0.39 is 0 Å². The molecule has 0 spiro atoms. The highest BCUT2D eigenvalue weighted by molar-refractivity contribution is 6.04. The van der Waals surface area contributed by atoms with E-state index in [2.05, 4.69) is 15.6 Å². The van der Waals surface area contributed by atoms with Gasteiger partial charge in [-0.15, -0.1) is 5.10 Å². The van der Waals surface area contributed by atoms with Crippen LogP contribution in [0.25, 0.3) is 10.9 Å². The van der Waals surface area contributed by atoms with E-state index in [1.165, 1.54) is 4.90 Å². The first kappa shape index (κ1) is 16.9. The van der Waals surface area contributed by atoms with Crippen LogP contribution >= 0.6 is 0 Å². The molecule has 8 nitrogen and oxygen atoms in total. The van der Waals surface area contributed by atoms with Crippen molar-refractivity contribution in [2.45, 2.75) is 25.9 Å². The van der Waals surface area contributed by atoms with E-state index >= 15 is 0 Å². The summed E-state index contributed by atoms with van der Waals surface area (Å²) in [5.41, 5.74) is 1.27. The van der Waals surface area contributed by atoms with E-state index in [1.54, 1.807) is 55.5 Å². The van der Waals surface area contributed by atoms with Gasteiger partial charge in [-0.1, -0.05) is 29.5 Å². The Hall–Kier alpha value is -3.55. The molecule has 0 fully saturated rings. The van der Waals surface area contributed by atoms with Crippen LogP contribution in [0, 0.1) is 0 Å². The molecule has 8 heteroatoms. The molecule has 27 heavy (non-hydrogen) atoms. The summed E-state index contributed by atoms with van der Waals surface area (Å²) in [4.78, 5) is 39.3. The molecule has 0 aliphatic carbocycles. The smallest absolute Gasteiger partial charge is 0.278 e. The normalized spacial score (nSPS) is 16.6. The Kier molecular flexibility index (Phi) is 4.15. The number of nitrogens with zero attached hydrogens (tertiary/aromatic N) is 4. The number of rotatable bonds is 2. The third-order valence-electron chi connectivity index (χ3n) is 4.54. The van der Waals surface area contributed by atoms with Gasteiger partial charge in [-0.3, -0.25) is 14.4 Å². The molecule has 0 bridgehead atoms. The van der Waals surface area contributed by atoms with Crippen LogP contribution in [-0.4, -0.2) is 32.9 Å². The maximum atomic E-state index is 13.0. The van der Waals surface area contributed by atoms with Gasteiger partial charge in [0, 0.05) is 12.5 Å². The number of anilines is 2. The zero-order valence-electron chi connectivity index (χ0n) is 14.6. The quantitative estimate of drug-likeness (QED) is 0.745. The van der Waals surface area contributed by atoms with Gasteiger partial charge in [0.25, 0.3) is 5.56 Å². The van der Waals surface area contributed by atoms with Crippen LogP contribution in [0.4, 0.5) is 11.4 Å². The van der Waals surface area contributed by atoms with Gasteiger partial charge in [-0.05, 0) is 31.2 Å². The first-order valence-corrected chi connectivity index (χ1v) is 8.58. The van der Waals surface area contributed by atoms with Crippen LogP contribution < -0.4 is 15.8 Å². The van der Waals surface area contributed by atoms with E-state index in [4.69, 9.17) is 0 Å². The second kappa shape index (κ2) is 6.64. The lowest BCUT2D eigenvalue weighted by molar-refractivity contribution is -0.120. The van der Waals surface area contributed by atoms with Gasteiger partial charge in [0.1, 0.15) is 12.1 Å². The predicted octanol–water partition coefficient (Wildman–Crippen LogP) is 1.56. The SMILES string of the molecule is C[C@@H]1CC(=O)Nc2ccccc2N1C(=O)Cn1nnc2ccccc2c1=O. The zero-order chi connectivity index (χ0) is 19.0. The number of benzene rings is 2. The number of hydrogen-bond donors (Lipinski definition) is 1. The summed E-state index contributed by atoms with van der Waals surface area (Å²) in [6.45, 7) is 1.54. The second-order valence-corrected chi connectivity index (χ2v) is 6.45. The molecule has 2 amide bonds. The highest BCUT2D eigenvalue weighted by atomic mass is 16.2. The molecule has 0 unspecified atom stereocenters. The molecule has 1 aliphatic rings. The lowest BCUT2D eigenvalue weighted by Crippen LogP contribution is -2.43. The summed E-state index contributed by atoms with van der Waals surface area (Å²) in [6, 6.07) is 13.6. The van der Waals surface area contributed by atoms with Crippen LogP contribution in [0.3, 0.4) is 0 Å². The summed E-state index contributed by atoms with van der Waals surface area (Å²) >= 11 is 0. The molecule has 0 radical (unpaired) electrons. The Balaban J connectivity index is 1.71. The minimum atomic E-state index is -0.376. The van der Waals surface area contributed by atoms with Crippen molar-refractivity contribution in [1.29, 1.82) is 0 Å². The first-order valence-electron chi connectivity index (χ1n) is 8.58. The van der Waals surface area contributed by atoms with Gasteiger partial charge in [0.2, 0.25) is 11.8 Å². The molecule has 2 heterocycles. The highest BCUT2D eigenvalue weighted by Gasteiger charge is 2.30. The first-order chi connectivity index (χ1) is 13.0. The van der Waals surface area contributed by atoms with Gasteiger partial charge in [0.15, 0.2) is 0 Å². The van der Waals surface area contributed by atoms with Crippen LogP contribution in [0.1, 0.15) is 13.3 Å². The van der Waals surface area contributed by atoms with Crippen molar-refractivity contribution in [3.8, 4) is 0 Å². The van der Waals surface area contributed by atoms with Crippen molar-refractivity contribution in [3.05, 3.63) is 58.9 Å². The molecule has 4 rings (SSSR count). The Morgan fingerprint density at radius 1 is 1.15 bits per heavy atom. The van der Waals surface area contributed by atoms with Crippen LogP contribution in [-0.2, 0) is 16.1 Å². The number of carbonyl (C=O) groups is 2. The molecule has 1 aromatic heterocycles. The highest BCUT2D eigenvalue weighted by Crippen LogP contribution is 2.31. The maximum absolute atomic E-state index is 13.0. The summed E-state index contributed by atoms with van der Waals surface area (Å²) < 4.78 is 1.06. The van der Waals surface area contributed by atoms with E-state index in [1.807, 2.05) is 0 Å². The minimum Gasteiger partial charge on any atom is -0.324 e. The zero-order valence-corrected chi connectivity index (χ0v) is 14.6. The van der Waals surface area contributed by atoms with E-state index in [0.717, 1.165) is 4.68 Å². The monoisotopic (exact) mass is 363 g/mol. The Labute approximate surface area is 154 Å². The van der Waals surface area contributed by atoms with Gasteiger partial charge in [-0.25, -0.2) is 4.68 Å². The van der Waals surface area contributed by atoms with Crippen molar-refractivity contribution in [3.63, 3.8) is 0 Å². The lowest BCUT2D eigenvalue weighted by atomic mass is 10.1. The van der Waals surface area contributed by atoms with Crippen LogP contribution in [0.5, 0.6) is 0 Å². The molecule has 2 aromatic carbocycles. The molecule has 1 N–H and O–H groups in total. The van der Waals surface area contributed by atoms with Gasteiger partial charge in [0.05, 0.1) is 16.8 Å². The summed E-state index contributed by atoms with van der Waals surface area (Å²) in [7, 11) is 0. The number of carbonyl (C=O) groups excluding carboxylic acids is 2. The Morgan fingerprint density at radius 2 is 1.89 bits per heavy atom. The predicted molar refractivity (Wildman–Crippen MR) is 100 cm³/mol. The van der Waals surface area contributed by atoms with E-state index in [0.29, 0.717) is 22.3 Å². The van der Waals surface area contributed by atoms with Crippen molar-refractivity contribution < 1.29 is 9.59 Å². The fraction of sp³-hybridized carbons (Fsp3) is 0.211. The third kappa shape index (κ3) is 3.05. The fourth-order valence-electron chi connectivity index (χ4n) is 3.30. The largest absolute Gasteiger partial charge is 0.324 e. The number of nitrogens with one attached hydrogen (secondary N) is 1. The van der Waals surface area contributed by atoms with Crippen molar-refractivity contribution in [2.24, 2.45) is 0 Å². The topological polar surface area (TPSA) is 97.2 Å². The Bertz CT molecular complexity index is 1110. The third-order valence-corrected chi connectivity index (χ3v) is 4.54. The molecule has 0 saturated heterocycles. The number of amides is 2. The summed E-state index contributed by atoms with van der Waals surface area (Å²) in [5.74, 6) is -0.494. The Morgan fingerprint density at radius 3 is 2.74 bits per heavy atom. The summed E-state index contributed by atoms with van der Waals surface area (Å²) in [6.07, 6.45) is 0.165. The molecular formula is C19H17N5O3. The van der Waals surface area contributed by atoms with Crippen molar-refractivity contribution >= 4 is 34.1 Å². The summed E-state index contributed by atoms with van der Waals surface area (Å²) in [5, 5.41) is 11.1. The lowest BCUT2D eigenvalue weighted by Gasteiger charge is -2.27. The van der Waals surface area contributed by atoms with E-state index in [-0.39, 0.29) is 36.4 Å². The number of hydrogen-bond acceptors (Lipinski definition) is 5. The second-order valence-electron chi connectivity index (χ2n) is 6.45. The molecule has 136 valence electrons. The average molecular weight is 363 g/mol. The van der Waals surface area contributed by atoms with Crippen LogP contribution in [0.2, 0.25) is 0 Å². The van der Waals surface area contributed by atoms with E-state index in [9.17, 15) is 14.4 Å². The minimum absolute atomic E-state index is 0.159. The van der Waals surface area contributed by atoms with Crippen LogP contribution in [0.15, 0.2) is 53.3 Å².